The second-order valence-corrected chi connectivity index (χ2v) is 7.03. The van der Waals surface area contributed by atoms with E-state index in [0.29, 0.717) is 30.3 Å². The van der Waals surface area contributed by atoms with Crippen molar-refractivity contribution in [1.82, 2.24) is 20.4 Å². The average Bonchev–Trinajstić information content (AvgIpc) is 3.48. The summed E-state index contributed by atoms with van der Waals surface area (Å²) in [6.45, 7) is 3.02. The molecule has 1 N–H and O–H groups in total. The van der Waals surface area contributed by atoms with Crippen molar-refractivity contribution in [2.24, 2.45) is 0 Å². The van der Waals surface area contributed by atoms with Gasteiger partial charge in [0, 0.05) is 19.4 Å². The molecular formula is C21H24N4O3. The van der Waals surface area contributed by atoms with Gasteiger partial charge in [-0.1, -0.05) is 35.5 Å². The first-order valence-corrected chi connectivity index (χ1v) is 9.71. The van der Waals surface area contributed by atoms with E-state index in [1.54, 1.807) is 18.4 Å². The molecular weight excluding hydrogens is 356 g/mol. The summed E-state index contributed by atoms with van der Waals surface area (Å²) in [6, 6.07) is 13.6. The molecule has 1 saturated heterocycles. The number of nitrogens with zero attached hydrogens (tertiary/aromatic N) is 3. The molecule has 1 fully saturated rings. The van der Waals surface area contributed by atoms with Crippen molar-refractivity contribution in [2.45, 2.75) is 31.7 Å². The van der Waals surface area contributed by atoms with Crippen molar-refractivity contribution < 1.29 is 13.7 Å². The summed E-state index contributed by atoms with van der Waals surface area (Å²) in [4.78, 5) is 19.3. The molecule has 1 atom stereocenters. The molecule has 1 aliphatic heterocycles. The SMILES string of the molecule is O=C(CCc1nc(-c2ccco2)no1)NC(CN1CCCC1)c1ccccc1. The molecule has 2 aromatic heterocycles. The number of rotatable bonds is 8. The normalized spacial score (nSPS) is 15.6. The smallest absolute Gasteiger partial charge is 0.238 e. The Kier molecular flexibility index (Phi) is 5.82. The van der Waals surface area contributed by atoms with Crippen LogP contribution in [0.15, 0.2) is 57.7 Å². The van der Waals surface area contributed by atoms with Gasteiger partial charge < -0.3 is 19.2 Å². The minimum Gasteiger partial charge on any atom is -0.461 e. The van der Waals surface area contributed by atoms with Crippen molar-refractivity contribution in [3.8, 4) is 11.6 Å². The van der Waals surface area contributed by atoms with Crippen molar-refractivity contribution >= 4 is 5.91 Å². The number of carbonyl (C=O) groups excluding carboxylic acids is 1. The van der Waals surface area contributed by atoms with Gasteiger partial charge in [0.25, 0.3) is 0 Å². The Labute approximate surface area is 163 Å². The fourth-order valence-electron chi connectivity index (χ4n) is 3.49. The lowest BCUT2D eigenvalue weighted by Crippen LogP contribution is -2.37. The number of aryl methyl sites for hydroxylation is 1. The van der Waals surface area contributed by atoms with E-state index in [0.717, 1.165) is 25.2 Å². The van der Waals surface area contributed by atoms with Gasteiger partial charge in [0.15, 0.2) is 5.76 Å². The Balaban J connectivity index is 1.34. The van der Waals surface area contributed by atoms with Crippen molar-refractivity contribution in [3.63, 3.8) is 0 Å². The van der Waals surface area contributed by atoms with Gasteiger partial charge in [-0.15, -0.1) is 0 Å². The molecule has 0 saturated carbocycles. The summed E-state index contributed by atoms with van der Waals surface area (Å²) in [5, 5.41) is 7.07. The van der Waals surface area contributed by atoms with Gasteiger partial charge in [-0.25, -0.2) is 0 Å². The lowest BCUT2D eigenvalue weighted by molar-refractivity contribution is -0.122. The summed E-state index contributed by atoms with van der Waals surface area (Å²) in [5.74, 6) is 1.36. The highest BCUT2D eigenvalue weighted by molar-refractivity contribution is 5.76. The molecule has 0 spiro atoms. The number of aromatic nitrogens is 2. The van der Waals surface area contributed by atoms with E-state index >= 15 is 0 Å². The predicted octanol–water partition coefficient (Wildman–Crippen LogP) is 3.22. The zero-order chi connectivity index (χ0) is 19.2. The number of nitrogens with one attached hydrogen (secondary N) is 1. The molecule has 7 heteroatoms. The Morgan fingerprint density at radius 3 is 2.71 bits per heavy atom. The minimum absolute atomic E-state index is 0.0202. The number of hydrogen-bond acceptors (Lipinski definition) is 6. The molecule has 0 radical (unpaired) electrons. The number of likely N-dealkylation sites (tertiary alicyclic amines) is 1. The van der Waals surface area contributed by atoms with Crippen LogP contribution in [0.2, 0.25) is 0 Å². The summed E-state index contributed by atoms with van der Waals surface area (Å²) in [7, 11) is 0. The Morgan fingerprint density at radius 2 is 1.96 bits per heavy atom. The highest BCUT2D eigenvalue weighted by atomic mass is 16.5. The van der Waals surface area contributed by atoms with Crippen LogP contribution in [0.25, 0.3) is 11.6 Å². The van der Waals surface area contributed by atoms with E-state index in [2.05, 4.69) is 32.5 Å². The van der Waals surface area contributed by atoms with E-state index < -0.39 is 0 Å². The number of carbonyl (C=O) groups is 1. The van der Waals surface area contributed by atoms with E-state index in [1.807, 2.05) is 18.2 Å². The molecule has 1 unspecified atom stereocenters. The maximum Gasteiger partial charge on any atom is 0.238 e. The van der Waals surface area contributed by atoms with Crippen molar-refractivity contribution in [3.05, 3.63) is 60.2 Å². The van der Waals surface area contributed by atoms with Crippen LogP contribution in [0.1, 0.15) is 36.8 Å². The quantitative estimate of drug-likeness (QED) is 0.646. The third-order valence-corrected chi connectivity index (χ3v) is 4.95. The maximum atomic E-state index is 12.6. The van der Waals surface area contributed by atoms with Crippen LogP contribution in [0.3, 0.4) is 0 Å². The van der Waals surface area contributed by atoms with Crippen molar-refractivity contribution in [1.29, 1.82) is 0 Å². The number of furan rings is 1. The second kappa shape index (κ2) is 8.84. The van der Waals surface area contributed by atoms with Gasteiger partial charge in [-0.05, 0) is 43.6 Å². The van der Waals surface area contributed by atoms with Crippen LogP contribution in [0.4, 0.5) is 0 Å². The zero-order valence-corrected chi connectivity index (χ0v) is 15.7. The van der Waals surface area contributed by atoms with Crippen molar-refractivity contribution in [2.75, 3.05) is 19.6 Å². The first-order valence-electron chi connectivity index (χ1n) is 9.71. The first kappa shape index (κ1) is 18.4. The number of amides is 1. The summed E-state index contributed by atoms with van der Waals surface area (Å²) >= 11 is 0. The van der Waals surface area contributed by atoms with Crippen LogP contribution in [-0.4, -0.2) is 40.6 Å². The Hall–Kier alpha value is -2.93. The van der Waals surface area contributed by atoms with Gasteiger partial charge in [0.1, 0.15) is 0 Å². The lowest BCUT2D eigenvalue weighted by atomic mass is 10.1. The third-order valence-electron chi connectivity index (χ3n) is 4.95. The van der Waals surface area contributed by atoms with Gasteiger partial charge in [0.2, 0.25) is 17.6 Å². The largest absolute Gasteiger partial charge is 0.461 e. The standard InChI is InChI=1S/C21H24N4O3/c26-19(10-11-20-23-21(24-28-20)18-9-6-14-27-18)22-17(15-25-12-4-5-13-25)16-7-2-1-3-8-16/h1-3,6-9,14,17H,4-5,10-13,15H2,(H,22,26). The van der Waals surface area contributed by atoms with E-state index in [-0.39, 0.29) is 11.9 Å². The van der Waals surface area contributed by atoms with Crippen LogP contribution in [0.5, 0.6) is 0 Å². The molecule has 0 bridgehead atoms. The molecule has 146 valence electrons. The molecule has 28 heavy (non-hydrogen) atoms. The molecule has 3 aromatic rings. The fraction of sp³-hybridized carbons (Fsp3) is 0.381. The summed E-state index contributed by atoms with van der Waals surface area (Å²) in [5.41, 5.74) is 1.13. The minimum atomic E-state index is -0.0224. The Morgan fingerprint density at radius 1 is 1.14 bits per heavy atom. The topological polar surface area (TPSA) is 84.4 Å². The van der Waals surface area contributed by atoms with E-state index in [4.69, 9.17) is 8.94 Å². The van der Waals surface area contributed by atoms with Crippen LogP contribution in [-0.2, 0) is 11.2 Å². The predicted molar refractivity (Wildman–Crippen MR) is 103 cm³/mol. The monoisotopic (exact) mass is 380 g/mol. The molecule has 3 heterocycles. The molecule has 1 aromatic carbocycles. The van der Waals surface area contributed by atoms with Gasteiger partial charge in [-0.2, -0.15) is 4.98 Å². The Bertz CT molecular complexity index is 870. The number of hydrogen-bond donors (Lipinski definition) is 1. The third kappa shape index (κ3) is 4.67. The molecule has 1 amide bonds. The number of benzene rings is 1. The lowest BCUT2D eigenvalue weighted by Gasteiger charge is -2.25. The molecule has 7 nitrogen and oxygen atoms in total. The first-order chi connectivity index (χ1) is 13.8. The molecule has 0 aliphatic carbocycles. The van der Waals surface area contributed by atoms with E-state index in [1.165, 1.54) is 12.8 Å². The van der Waals surface area contributed by atoms with Crippen LogP contribution in [0, 0.1) is 0 Å². The van der Waals surface area contributed by atoms with Crippen LogP contribution < -0.4 is 5.32 Å². The maximum absolute atomic E-state index is 12.6. The summed E-state index contributed by atoms with van der Waals surface area (Å²) < 4.78 is 10.5. The molecule has 4 rings (SSSR count). The molecule has 1 aliphatic rings. The fourth-order valence-corrected chi connectivity index (χ4v) is 3.49. The second-order valence-electron chi connectivity index (χ2n) is 7.03. The van der Waals surface area contributed by atoms with E-state index in [9.17, 15) is 4.79 Å². The van der Waals surface area contributed by atoms with Gasteiger partial charge in [0.05, 0.1) is 12.3 Å². The summed E-state index contributed by atoms with van der Waals surface area (Å²) in [6.07, 6.45) is 4.70. The van der Waals surface area contributed by atoms with Crippen LogP contribution >= 0.6 is 0 Å². The zero-order valence-electron chi connectivity index (χ0n) is 15.7. The average molecular weight is 380 g/mol. The highest BCUT2D eigenvalue weighted by Crippen LogP contribution is 2.19. The highest BCUT2D eigenvalue weighted by Gasteiger charge is 2.21. The van der Waals surface area contributed by atoms with Gasteiger partial charge >= 0.3 is 0 Å². The van der Waals surface area contributed by atoms with Gasteiger partial charge in [-0.3, -0.25) is 4.79 Å².